The van der Waals surface area contributed by atoms with E-state index >= 15 is 0 Å². The van der Waals surface area contributed by atoms with Gasteiger partial charge in [-0.05, 0) is 24.6 Å². The zero-order valence-electron chi connectivity index (χ0n) is 11.5. The Kier molecular flexibility index (Phi) is 3.32. The summed E-state index contributed by atoms with van der Waals surface area (Å²) in [5.74, 6) is 1.01. The maximum absolute atomic E-state index is 11.9. The molecule has 0 unspecified atom stereocenters. The van der Waals surface area contributed by atoms with E-state index in [9.17, 15) is 4.79 Å². The first-order valence-corrected chi connectivity index (χ1v) is 6.66. The molecule has 0 amide bonds. The second kappa shape index (κ2) is 5.29. The van der Waals surface area contributed by atoms with Gasteiger partial charge in [-0.2, -0.15) is 10.2 Å². The standard InChI is InChI=1S/C15H14N4O2/c1-10-8-19-13(17-10)6-14(18-15(19)20)21-9-12-4-2-3-11(5-12)7-16/h2-6,10,17H,8-9H2,1H3/t10-/m0/s1. The fourth-order valence-corrected chi connectivity index (χ4v) is 2.31. The Morgan fingerprint density at radius 3 is 3.19 bits per heavy atom. The molecule has 1 atom stereocenters. The molecule has 0 fully saturated rings. The van der Waals surface area contributed by atoms with Crippen LogP contribution in [-0.2, 0) is 13.2 Å². The summed E-state index contributed by atoms with van der Waals surface area (Å²) in [6, 6.07) is 11.2. The van der Waals surface area contributed by atoms with Crippen molar-refractivity contribution in [3.8, 4) is 11.9 Å². The lowest BCUT2D eigenvalue weighted by Gasteiger charge is -2.07. The number of hydrogen-bond acceptors (Lipinski definition) is 5. The molecule has 0 spiro atoms. The van der Waals surface area contributed by atoms with Crippen LogP contribution in [0.3, 0.4) is 0 Å². The van der Waals surface area contributed by atoms with E-state index in [4.69, 9.17) is 10.00 Å². The molecule has 0 saturated carbocycles. The second-order valence-electron chi connectivity index (χ2n) is 5.02. The maximum atomic E-state index is 11.9. The molecule has 6 heteroatoms. The van der Waals surface area contributed by atoms with E-state index in [1.807, 2.05) is 13.0 Å². The zero-order valence-corrected chi connectivity index (χ0v) is 11.5. The normalized spacial score (nSPS) is 15.9. The van der Waals surface area contributed by atoms with Crippen LogP contribution in [0.1, 0.15) is 18.1 Å². The summed E-state index contributed by atoms with van der Waals surface area (Å²) >= 11 is 0. The molecule has 2 heterocycles. The number of nitrogens with zero attached hydrogens (tertiary/aromatic N) is 3. The number of nitrogens with one attached hydrogen (secondary N) is 1. The third-order valence-electron chi connectivity index (χ3n) is 3.28. The number of fused-ring (bicyclic) bond motifs is 1. The number of aromatic nitrogens is 2. The number of nitriles is 1. The van der Waals surface area contributed by atoms with E-state index in [1.54, 1.807) is 28.8 Å². The first-order valence-electron chi connectivity index (χ1n) is 6.66. The molecule has 0 bridgehead atoms. The lowest BCUT2D eigenvalue weighted by Crippen LogP contribution is -2.22. The summed E-state index contributed by atoms with van der Waals surface area (Å²) in [6.07, 6.45) is 0. The molecule has 1 N–H and O–H groups in total. The van der Waals surface area contributed by atoms with Crippen LogP contribution in [0.25, 0.3) is 0 Å². The number of ether oxygens (including phenoxy) is 1. The van der Waals surface area contributed by atoms with E-state index in [0.717, 1.165) is 11.4 Å². The Hall–Kier alpha value is -2.81. The van der Waals surface area contributed by atoms with Crippen molar-refractivity contribution in [3.63, 3.8) is 0 Å². The fourth-order valence-electron chi connectivity index (χ4n) is 2.31. The minimum atomic E-state index is -0.315. The molecule has 0 aliphatic carbocycles. The highest BCUT2D eigenvalue weighted by molar-refractivity contribution is 5.43. The lowest BCUT2D eigenvalue weighted by molar-refractivity contribution is 0.291. The fraction of sp³-hybridized carbons (Fsp3) is 0.267. The summed E-state index contributed by atoms with van der Waals surface area (Å²) in [5, 5.41) is 12.1. The van der Waals surface area contributed by atoms with Gasteiger partial charge in [-0.25, -0.2) is 4.79 Å². The number of hydrogen-bond donors (Lipinski definition) is 1. The quantitative estimate of drug-likeness (QED) is 0.923. The molecule has 6 nitrogen and oxygen atoms in total. The first-order chi connectivity index (χ1) is 10.2. The van der Waals surface area contributed by atoms with E-state index in [-0.39, 0.29) is 24.2 Å². The van der Waals surface area contributed by atoms with Gasteiger partial charge in [0.05, 0.1) is 11.6 Å². The maximum Gasteiger partial charge on any atom is 0.352 e. The Labute approximate surface area is 121 Å². The molecule has 106 valence electrons. The monoisotopic (exact) mass is 282 g/mol. The third-order valence-corrected chi connectivity index (χ3v) is 3.28. The average Bonchev–Trinajstić information content (AvgIpc) is 2.86. The van der Waals surface area contributed by atoms with Crippen molar-refractivity contribution in [1.82, 2.24) is 9.55 Å². The van der Waals surface area contributed by atoms with Crippen LogP contribution >= 0.6 is 0 Å². The predicted molar refractivity (Wildman–Crippen MR) is 77.1 cm³/mol. The summed E-state index contributed by atoms with van der Waals surface area (Å²) in [6.45, 7) is 2.88. The van der Waals surface area contributed by atoms with Gasteiger partial charge in [0.15, 0.2) is 0 Å². The van der Waals surface area contributed by atoms with Gasteiger partial charge >= 0.3 is 5.69 Å². The highest BCUT2D eigenvalue weighted by Gasteiger charge is 2.19. The topological polar surface area (TPSA) is 79.9 Å². The van der Waals surface area contributed by atoms with Gasteiger partial charge in [0.25, 0.3) is 0 Å². The molecule has 21 heavy (non-hydrogen) atoms. The smallest absolute Gasteiger partial charge is 0.352 e. The van der Waals surface area contributed by atoms with Crippen LogP contribution in [0, 0.1) is 11.3 Å². The van der Waals surface area contributed by atoms with Gasteiger partial charge in [0.1, 0.15) is 12.4 Å². The zero-order chi connectivity index (χ0) is 14.8. The van der Waals surface area contributed by atoms with Crippen LogP contribution in [0.2, 0.25) is 0 Å². The van der Waals surface area contributed by atoms with Crippen LogP contribution in [-0.4, -0.2) is 15.6 Å². The molecule has 0 radical (unpaired) electrons. The summed E-state index contributed by atoms with van der Waals surface area (Å²) < 4.78 is 7.15. The van der Waals surface area contributed by atoms with Gasteiger partial charge in [-0.15, -0.1) is 0 Å². The lowest BCUT2D eigenvalue weighted by atomic mass is 10.1. The van der Waals surface area contributed by atoms with Gasteiger partial charge in [0.2, 0.25) is 5.88 Å². The van der Waals surface area contributed by atoms with E-state index < -0.39 is 0 Å². The summed E-state index contributed by atoms with van der Waals surface area (Å²) in [4.78, 5) is 15.8. The molecule has 1 aliphatic heterocycles. The van der Waals surface area contributed by atoms with Gasteiger partial charge in [-0.1, -0.05) is 12.1 Å². The van der Waals surface area contributed by atoms with Crippen LogP contribution in [0.15, 0.2) is 35.1 Å². The van der Waals surface area contributed by atoms with Crippen molar-refractivity contribution >= 4 is 5.82 Å². The highest BCUT2D eigenvalue weighted by Crippen LogP contribution is 2.19. The van der Waals surface area contributed by atoms with Crippen LogP contribution in [0.5, 0.6) is 5.88 Å². The predicted octanol–water partition coefficient (Wildman–Crippen LogP) is 1.51. The van der Waals surface area contributed by atoms with Gasteiger partial charge < -0.3 is 10.1 Å². The first kappa shape index (κ1) is 13.2. The molecule has 1 aromatic carbocycles. The van der Waals surface area contributed by atoms with Crippen molar-refractivity contribution in [2.45, 2.75) is 26.1 Å². The molecule has 3 rings (SSSR count). The van der Waals surface area contributed by atoms with Crippen molar-refractivity contribution in [3.05, 3.63) is 51.9 Å². The summed E-state index contributed by atoms with van der Waals surface area (Å²) in [7, 11) is 0. The Bertz CT molecular complexity index is 776. The minimum Gasteiger partial charge on any atom is -0.473 e. The molecular formula is C15H14N4O2. The molecule has 1 aliphatic rings. The molecule has 2 aromatic rings. The highest BCUT2D eigenvalue weighted by atomic mass is 16.5. The molecular weight excluding hydrogens is 268 g/mol. The van der Waals surface area contributed by atoms with Crippen molar-refractivity contribution < 1.29 is 4.74 Å². The minimum absolute atomic E-state index is 0.210. The number of rotatable bonds is 3. The second-order valence-corrected chi connectivity index (χ2v) is 5.02. The van der Waals surface area contributed by atoms with Crippen molar-refractivity contribution in [1.29, 1.82) is 5.26 Å². The van der Waals surface area contributed by atoms with E-state index in [2.05, 4.69) is 16.4 Å². The van der Waals surface area contributed by atoms with Crippen LogP contribution < -0.4 is 15.7 Å². The SMILES string of the molecule is C[C@H]1Cn2c(cc(OCc3cccc(C#N)c3)nc2=O)N1. The van der Waals surface area contributed by atoms with Gasteiger partial charge in [0, 0.05) is 18.7 Å². The van der Waals surface area contributed by atoms with Crippen molar-refractivity contribution in [2.75, 3.05) is 5.32 Å². The Balaban J connectivity index is 1.77. The Morgan fingerprint density at radius 2 is 2.38 bits per heavy atom. The largest absolute Gasteiger partial charge is 0.473 e. The van der Waals surface area contributed by atoms with Crippen LogP contribution in [0.4, 0.5) is 5.82 Å². The molecule has 1 aromatic heterocycles. The van der Waals surface area contributed by atoms with E-state index in [0.29, 0.717) is 12.1 Å². The van der Waals surface area contributed by atoms with Gasteiger partial charge in [-0.3, -0.25) is 4.57 Å². The Morgan fingerprint density at radius 1 is 1.52 bits per heavy atom. The third kappa shape index (κ3) is 2.72. The molecule has 0 saturated heterocycles. The van der Waals surface area contributed by atoms with Crippen molar-refractivity contribution in [2.24, 2.45) is 0 Å². The van der Waals surface area contributed by atoms with E-state index in [1.165, 1.54) is 0 Å². The summed E-state index contributed by atoms with van der Waals surface area (Å²) in [5.41, 5.74) is 1.12. The number of benzene rings is 1. The number of anilines is 1. The average molecular weight is 282 g/mol.